The first kappa shape index (κ1) is 35.2. The second-order valence-corrected chi connectivity index (χ2v) is 7.08. The lowest BCUT2D eigenvalue weighted by atomic mass is 9.93. The Bertz CT molecular complexity index is 942. The number of halogens is 25. The van der Waals surface area contributed by atoms with E-state index in [1.165, 1.54) is 0 Å². The van der Waals surface area contributed by atoms with Crippen LogP contribution in [0.1, 0.15) is 0 Å². The SMILES string of the molecule is FC(F)(F)C(F)(F)C(F)(F)C(F)(F)C(F)(F)N1O[C@@]1(F)C(F)(F)C(F)(F)C(F)(F)C(F)(F)C(F)(F)C(F)(F)F. The highest BCUT2D eigenvalue weighted by atomic mass is 19.4. The van der Waals surface area contributed by atoms with Crippen LogP contribution in [0.25, 0.3) is 0 Å². The Morgan fingerprint density at radius 2 is 0.615 bits per heavy atom. The van der Waals surface area contributed by atoms with Gasteiger partial charge in [0, 0.05) is 0 Å². The highest BCUT2D eigenvalue weighted by Crippen LogP contribution is 2.68. The summed E-state index contributed by atoms with van der Waals surface area (Å²) < 4.78 is 323. The van der Waals surface area contributed by atoms with Gasteiger partial charge in [0.1, 0.15) is 0 Å². The van der Waals surface area contributed by atoms with Crippen molar-refractivity contribution >= 4 is 0 Å². The lowest BCUT2D eigenvalue weighted by molar-refractivity contribution is -0.451. The van der Waals surface area contributed by atoms with Gasteiger partial charge in [-0.3, -0.25) is 0 Å². The number of hydrogen-bond acceptors (Lipinski definition) is 2. The van der Waals surface area contributed by atoms with Gasteiger partial charge in [0.15, 0.2) is 0 Å². The third-order valence-electron chi connectivity index (χ3n) is 4.54. The van der Waals surface area contributed by atoms with E-state index in [2.05, 4.69) is 0 Å². The van der Waals surface area contributed by atoms with Crippen molar-refractivity contribution in [1.29, 1.82) is 0 Å². The van der Waals surface area contributed by atoms with Crippen molar-refractivity contribution in [3.8, 4) is 0 Å². The molecule has 1 saturated heterocycles. The Labute approximate surface area is 193 Å². The second-order valence-electron chi connectivity index (χ2n) is 7.08. The Kier molecular flexibility index (Phi) is 7.34. The van der Waals surface area contributed by atoms with Crippen molar-refractivity contribution in [2.45, 2.75) is 71.8 Å². The molecule has 234 valence electrons. The van der Waals surface area contributed by atoms with Gasteiger partial charge >= 0.3 is 71.8 Å². The van der Waals surface area contributed by atoms with Gasteiger partial charge in [-0.05, 0) is 5.06 Å². The zero-order valence-corrected chi connectivity index (χ0v) is 16.3. The summed E-state index contributed by atoms with van der Waals surface area (Å²) in [7, 11) is 0. The maximum atomic E-state index is 13.8. The van der Waals surface area contributed by atoms with Crippen molar-refractivity contribution < 1.29 is 115 Å². The standard InChI is InChI=1S/C12F25NO/c13-1(14,2(15,16)5(21,22)9(29,30)31)3(17,18)8(27,28)12(37)38(39-12)11(35,36)7(25,26)4(19,20)6(23,24)10(32,33)34/t12-,38?/m1/s1. The summed E-state index contributed by atoms with van der Waals surface area (Å²) >= 11 is 0. The fourth-order valence-corrected chi connectivity index (χ4v) is 2.18. The van der Waals surface area contributed by atoms with E-state index in [1.54, 1.807) is 0 Å². The molecule has 0 N–H and O–H groups in total. The molecule has 1 aliphatic rings. The van der Waals surface area contributed by atoms with Crippen LogP contribution < -0.4 is 0 Å². The molecule has 0 aromatic rings. The van der Waals surface area contributed by atoms with Crippen molar-refractivity contribution in [2.24, 2.45) is 0 Å². The fraction of sp³-hybridized carbons (Fsp3) is 1.00. The zero-order chi connectivity index (χ0) is 32.3. The fourth-order valence-electron chi connectivity index (χ4n) is 2.18. The number of alkyl halides is 25. The van der Waals surface area contributed by atoms with E-state index in [-0.39, 0.29) is 0 Å². The van der Waals surface area contributed by atoms with E-state index in [9.17, 15) is 110 Å². The first-order valence-corrected chi connectivity index (χ1v) is 8.06. The molecule has 1 fully saturated rings. The molecular formula is C12F25NO. The minimum atomic E-state index is -8.97. The summed E-state index contributed by atoms with van der Waals surface area (Å²) in [6.45, 7) is 0. The Morgan fingerprint density at radius 1 is 0.359 bits per heavy atom. The third-order valence-corrected chi connectivity index (χ3v) is 4.54. The van der Waals surface area contributed by atoms with Crippen LogP contribution >= 0.6 is 0 Å². The highest BCUT2D eigenvalue weighted by Gasteiger charge is 3.00. The van der Waals surface area contributed by atoms with Gasteiger partial charge in [-0.1, -0.05) is 0 Å². The van der Waals surface area contributed by atoms with Crippen molar-refractivity contribution in [3.63, 3.8) is 0 Å². The molecule has 0 radical (unpaired) electrons. The summed E-state index contributed by atoms with van der Waals surface area (Å²) in [5.74, 6) is -76.6. The molecule has 0 bridgehead atoms. The van der Waals surface area contributed by atoms with Gasteiger partial charge in [0.05, 0.1) is 0 Å². The molecule has 39 heavy (non-hydrogen) atoms. The van der Waals surface area contributed by atoms with E-state index in [0.29, 0.717) is 0 Å². The first-order valence-electron chi connectivity index (χ1n) is 8.06. The van der Waals surface area contributed by atoms with Gasteiger partial charge in [-0.15, -0.1) is 0 Å². The summed E-state index contributed by atoms with van der Waals surface area (Å²) in [4.78, 5) is 1.92. The minimum Gasteiger partial charge on any atom is -0.225 e. The monoisotopic (exact) mass is 649 g/mol. The van der Waals surface area contributed by atoms with Crippen LogP contribution in [0.3, 0.4) is 0 Å². The molecule has 0 spiro atoms. The van der Waals surface area contributed by atoms with Gasteiger partial charge in [-0.25, -0.2) is 4.84 Å². The molecule has 0 aromatic heterocycles. The average Bonchev–Trinajstić information content (AvgIpc) is 3.39. The number of nitrogens with zero attached hydrogens (tertiary/aromatic N) is 1. The van der Waals surface area contributed by atoms with Crippen LogP contribution in [0.4, 0.5) is 110 Å². The van der Waals surface area contributed by atoms with Gasteiger partial charge in [0.2, 0.25) is 0 Å². The van der Waals surface area contributed by atoms with Crippen LogP contribution in [-0.4, -0.2) is 76.8 Å². The zero-order valence-electron chi connectivity index (χ0n) is 16.3. The molecule has 0 aliphatic carbocycles. The van der Waals surface area contributed by atoms with E-state index in [1.807, 2.05) is 4.84 Å². The third kappa shape index (κ3) is 3.97. The molecule has 0 amide bonds. The largest absolute Gasteiger partial charge is 0.460 e. The molecule has 1 rings (SSSR count). The van der Waals surface area contributed by atoms with Crippen molar-refractivity contribution in [3.05, 3.63) is 0 Å². The van der Waals surface area contributed by atoms with Crippen LogP contribution in [-0.2, 0) is 4.84 Å². The maximum Gasteiger partial charge on any atom is 0.460 e. The van der Waals surface area contributed by atoms with Gasteiger partial charge in [-0.2, -0.15) is 110 Å². The van der Waals surface area contributed by atoms with Gasteiger partial charge < -0.3 is 0 Å². The summed E-state index contributed by atoms with van der Waals surface area (Å²) in [6, 6.07) is -8.20. The molecule has 0 saturated carbocycles. The normalized spacial score (nSPS) is 23.8. The average molecular weight is 649 g/mol. The first-order chi connectivity index (χ1) is 16.3. The highest BCUT2D eigenvalue weighted by molar-refractivity contribution is 5.16. The summed E-state index contributed by atoms with van der Waals surface area (Å²) in [5, 5.41) is -3.76. The van der Waals surface area contributed by atoms with Crippen molar-refractivity contribution in [2.75, 3.05) is 0 Å². The molecule has 0 aromatic carbocycles. The lowest BCUT2D eigenvalue weighted by Gasteiger charge is -2.40. The molecule has 2 atom stereocenters. The summed E-state index contributed by atoms with van der Waals surface area (Å²) in [5.41, 5.74) is 0. The van der Waals surface area contributed by atoms with Crippen LogP contribution in [0.2, 0.25) is 0 Å². The topological polar surface area (TPSA) is 15.5 Å². The molecule has 1 unspecified atom stereocenters. The minimum absolute atomic E-state index is 1.92. The number of rotatable bonds is 9. The molecule has 1 heterocycles. The van der Waals surface area contributed by atoms with Crippen LogP contribution in [0.5, 0.6) is 0 Å². The maximum absolute atomic E-state index is 13.8. The van der Waals surface area contributed by atoms with E-state index in [4.69, 9.17) is 0 Å². The predicted molar refractivity (Wildman–Crippen MR) is 63.4 cm³/mol. The molecular weight excluding hydrogens is 649 g/mol. The number of hydrogen-bond donors (Lipinski definition) is 0. The Morgan fingerprint density at radius 3 is 0.897 bits per heavy atom. The molecule has 1 aliphatic heterocycles. The number of hydroxylamine groups is 2. The second kappa shape index (κ2) is 8.13. The van der Waals surface area contributed by atoms with E-state index >= 15 is 0 Å². The molecule has 2 nitrogen and oxygen atoms in total. The van der Waals surface area contributed by atoms with E-state index in [0.717, 1.165) is 0 Å². The van der Waals surface area contributed by atoms with Crippen molar-refractivity contribution in [1.82, 2.24) is 5.06 Å². The van der Waals surface area contributed by atoms with E-state index < -0.39 is 76.8 Å². The smallest absolute Gasteiger partial charge is 0.225 e. The van der Waals surface area contributed by atoms with Gasteiger partial charge in [0.25, 0.3) is 0 Å². The van der Waals surface area contributed by atoms with Crippen LogP contribution in [0.15, 0.2) is 0 Å². The quantitative estimate of drug-likeness (QED) is 0.145. The van der Waals surface area contributed by atoms with Crippen LogP contribution in [0, 0.1) is 0 Å². The Hall–Kier alpha value is -1.83. The Balaban J connectivity index is 3.67. The lowest BCUT2D eigenvalue weighted by Crippen LogP contribution is -2.73. The molecule has 27 heteroatoms. The predicted octanol–water partition coefficient (Wildman–Crippen LogP) is 7.66. The summed E-state index contributed by atoms with van der Waals surface area (Å²) in [6.07, 6.45) is -16.0.